The standard InChI is InChI=1S/C22H25NO6/c1-27-18-8-7-15(11-20(18)28-2)17(12-22(25)26)23-21(24)13-19-16-6-4-3-5-14(16)9-10-29-19/h3-8,11,17,19H,9-10,12-13H2,1-2H3,(H,23,24)(H,25,26). The minimum absolute atomic E-state index is 0.125. The summed E-state index contributed by atoms with van der Waals surface area (Å²) in [6.45, 7) is 0.559. The number of aliphatic carboxylic acids is 1. The van der Waals surface area contributed by atoms with Gasteiger partial charge in [0.05, 0.1) is 45.8 Å². The molecule has 2 aromatic rings. The van der Waals surface area contributed by atoms with Crippen molar-refractivity contribution in [1.82, 2.24) is 5.32 Å². The number of nitrogens with one attached hydrogen (secondary N) is 1. The highest BCUT2D eigenvalue weighted by Crippen LogP contribution is 2.32. The Labute approximate surface area is 169 Å². The number of carboxylic acid groups (broad SMARTS) is 1. The van der Waals surface area contributed by atoms with Crippen LogP contribution in [0.25, 0.3) is 0 Å². The predicted molar refractivity (Wildman–Crippen MR) is 106 cm³/mol. The summed E-state index contributed by atoms with van der Waals surface area (Å²) in [6, 6.07) is 12.3. The summed E-state index contributed by atoms with van der Waals surface area (Å²) >= 11 is 0. The molecule has 29 heavy (non-hydrogen) atoms. The van der Waals surface area contributed by atoms with Gasteiger partial charge >= 0.3 is 5.97 Å². The zero-order valence-electron chi connectivity index (χ0n) is 16.5. The van der Waals surface area contributed by atoms with E-state index in [2.05, 4.69) is 5.32 Å². The summed E-state index contributed by atoms with van der Waals surface area (Å²) in [7, 11) is 3.03. The van der Waals surface area contributed by atoms with E-state index in [9.17, 15) is 14.7 Å². The van der Waals surface area contributed by atoms with Crippen molar-refractivity contribution in [3.63, 3.8) is 0 Å². The first kappa shape index (κ1) is 20.7. The molecule has 0 aliphatic carbocycles. The fourth-order valence-corrected chi connectivity index (χ4v) is 3.56. The molecule has 0 saturated carbocycles. The number of hydrogen-bond donors (Lipinski definition) is 2. The molecule has 2 aromatic carbocycles. The zero-order valence-corrected chi connectivity index (χ0v) is 16.5. The lowest BCUT2D eigenvalue weighted by Gasteiger charge is -2.26. The first-order valence-electron chi connectivity index (χ1n) is 9.44. The maximum absolute atomic E-state index is 12.7. The number of carboxylic acids is 1. The van der Waals surface area contributed by atoms with Crippen LogP contribution in [0.2, 0.25) is 0 Å². The van der Waals surface area contributed by atoms with Gasteiger partial charge in [0.2, 0.25) is 5.91 Å². The second-order valence-corrected chi connectivity index (χ2v) is 6.84. The van der Waals surface area contributed by atoms with Crippen LogP contribution in [0.15, 0.2) is 42.5 Å². The summed E-state index contributed by atoms with van der Waals surface area (Å²) in [5, 5.41) is 12.1. The Kier molecular flexibility index (Phi) is 6.72. The predicted octanol–water partition coefficient (Wildman–Crippen LogP) is 3.04. The molecule has 0 bridgehead atoms. The van der Waals surface area contributed by atoms with E-state index in [4.69, 9.17) is 14.2 Å². The number of carbonyl (C=O) groups is 2. The van der Waals surface area contributed by atoms with Gasteiger partial charge in [-0.1, -0.05) is 30.3 Å². The Balaban J connectivity index is 1.76. The Morgan fingerprint density at radius 3 is 2.66 bits per heavy atom. The number of benzene rings is 2. The molecule has 0 saturated heterocycles. The van der Waals surface area contributed by atoms with Gasteiger partial charge in [0.15, 0.2) is 11.5 Å². The lowest BCUT2D eigenvalue weighted by molar-refractivity contribution is -0.137. The monoisotopic (exact) mass is 399 g/mol. The van der Waals surface area contributed by atoms with E-state index in [1.54, 1.807) is 18.2 Å². The van der Waals surface area contributed by atoms with Crippen LogP contribution in [0.5, 0.6) is 11.5 Å². The molecule has 154 valence electrons. The normalized spacial score (nSPS) is 16.4. The molecule has 2 unspecified atom stereocenters. The molecule has 1 aliphatic heterocycles. The number of fused-ring (bicyclic) bond motifs is 1. The van der Waals surface area contributed by atoms with Crippen LogP contribution in [0.4, 0.5) is 0 Å². The Bertz CT molecular complexity index is 881. The Hall–Kier alpha value is -3.06. The van der Waals surface area contributed by atoms with E-state index >= 15 is 0 Å². The molecule has 0 radical (unpaired) electrons. The summed E-state index contributed by atoms with van der Waals surface area (Å²) in [6.07, 6.45) is 0.363. The van der Waals surface area contributed by atoms with Gasteiger partial charge in [-0.3, -0.25) is 9.59 Å². The molecular formula is C22H25NO6. The molecule has 3 rings (SSSR count). The van der Waals surface area contributed by atoms with Crippen molar-refractivity contribution in [2.24, 2.45) is 0 Å². The summed E-state index contributed by atoms with van der Waals surface area (Å²) in [5.41, 5.74) is 2.82. The lowest BCUT2D eigenvalue weighted by Crippen LogP contribution is -2.32. The second-order valence-electron chi connectivity index (χ2n) is 6.84. The molecule has 7 heteroatoms. The molecular weight excluding hydrogens is 374 g/mol. The highest BCUT2D eigenvalue weighted by Gasteiger charge is 2.26. The van der Waals surface area contributed by atoms with Crippen molar-refractivity contribution in [1.29, 1.82) is 0 Å². The van der Waals surface area contributed by atoms with Crippen LogP contribution in [0.3, 0.4) is 0 Å². The maximum atomic E-state index is 12.7. The number of methoxy groups -OCH3 is 2. The minimum atomic E-state index is -1.01. The Morgan fingerprint density at radius 2 is 1.93 bits per heavy atom. The first-order valence-corrected chi connectivity index (χ1v) is 9.44. The Morgan fingerprint density at radius 1 is 1.17 bits per heavy atom. The third kappa shape index (κ3) is 5.06. The fourth-order valence-electron chi connectivity index (χ4n) is 3.56. The number of rotatable bonds is 8. The van der Waals surface area contributed by atoms with E-state index in [0.29, 0.717) is 23.7 Å². The van der Waals surface area contributed by atoms with Crippen molar-refractivity contribution in [3.8, 4) is 11.5 Å². The van der Waals surface area contributed by atoms with Gasteiger partial charge in [-0.05, 0) is 35.2 Å². The van der Waals surface area contributed by atoms with Gasteiger partial charge in [0.25, 0.3) is 0 Å². The van der Waals surface area contributed by atoms with Crippen molar-refractivity contribution in [2.45, 2.75) is 31.4 Å². The summed E-state index contributed by atoms with van der Waals surface area (Å²) < 4.78 is 16.3. The largest absolute Gasteiger partial charge is 0.493 e. The second kappa shape index (κ2) is 9.43. The van der Waals surface area contributed by atoms with Gasteiger partial charge in [-0.25, -0.2) is 0 Å². The smallest absolute Gasteiger partial charge is 0.305 e. The molecule has 7 nitrogen and oxygen atoms in total. The fraction of sp³-hybridized carbons (Fsp3) is 0.364. The molecule has 1 aliphatic rings. The van der Waals surface area contributed by atoms with E-state index < -0.39 is 12.0 Å². The van der Waals surface area contributed by atoms with Crippen LogP contribution in [0.1, 0.15) is 41.7 Å². The van der Waals surface area contributed by atoms with Gasteiger partial charge < -0.3 is 24.6 Å². The number of ether oxygens (including phenoxy) is 3. The van der Waals surface area contributed by atoms with Crippen molar-refractivity contribution < 1.29 is 28.9 Å². The molecule has 1 amide bonds. The van der Waals surface area contributed by atoms with Gasteiger partial charge in [0, 0.05) is 0 Å². The molecule has 2 atom stereocenters. The SMILES string of the molecule is COc1ccc(C(CC(=O)O)NC(=O)CC2OCCc3ccccc32)cc1OC. The zero-order chi connectivity index (χ0) is 20.8. The van der Waals surface area contributed by atoms with Crippen LogP contribution in [-0.2, 0) is 20.7 Å². The molecule has 2 N–H and O–H groups in total. The highest BCUT2D eigenvalue weighted by atomic mass is 16.5. The van der Waals surface area contributed by atoms with Gasteiger partial charge in [-0.2, -0.15) is 0 Å². The molecule has 0 aromatic heterocycles. The average molecular weight is 399 g/mol. The quantitative estimate of drug-likeness (QED) is 0.709. The van der Waals surface area contributed by atoms with E-state index in [1.165, 1.54) is 19.8 Å². The van der Waals surface area contributed by atoms with Crippen molar-refractivity contribution in [3.05, 3.63) is 59.2 Å². The average Bonchev–Trinajstić information content (AvgIpc) is 2.72. The van der Waals surface area contributed by atoms with Gasteiger partial charge in [0.1, 0.15) is 0 Å². The van der Waals surface area contributed by atoms with Gasteiger partial charge in [-0.15, -0.1) is 0 Å². The van der Waals surface area contributed by atoms with E-state index in [1.807, 2.05) is 24.3 Å². The van der Waals surface area contributed by atoms with Crippen LogP contribution >= 0.6 is 0 Å². The first-order chi connectivity index (χ1) is 14.0. The minimum Gasteiger partial charge on any atom is -0.493 e. The summed E-state index contributed by atoms with van der Waals surface area (Å²) in [5.74, 6) is -0.278. The van der Waals surface area contributed by atoms with Crippen LogP contribution in [-0.4, -0.2) is 37.8 Å². The third-order valence-electron chi connectivity index (χ3n) is 4.99. The molecule has 0 spiro atoms. The van der Waals surface area contributed by atoms with E-state index in [-0.39, 0.29) is 24.9 Å². The van der Waals surface area contributed by atoms with Crippen LogP contribution < -0.4 is 14.8 Å². The highest BCUT2D eigenvalue weighted by molar-refractivity contribution is 5.78. The summed E-state index contributed by atoms with van der Waals surface area (Å²) in [4.78, 5) is 24.1. The molecule has 1 heterocycles. The molecule has 0 fully saturated rings. The van der Waals surface area contributed by atoms with Crippen LogP contribution in [0, 0.1) is 0 Å². The third-order valence-corrected chi connectivity index (χ3v) is 4.99. The topological polar surface area (TPSA) is 94.1 Å². The number of carbonyl (C=O) groups excluding carboxylic acids is 1. The van der Waals surface area contributed by atoms with Crippen molar-refractivity contribution in [2.75, 3.05) is 20.8 Å². The number of hydrogen-bond acceptors (Lipinski definition) is 5. The number of amides is 1. The maximum Gasteiger partial charge on any atom is 0.305 e. The van der Waals surface area contributed by atoms with E-state index in [0.717, 1.165) is 12.0 Å². The van der Waals surface area contributed by atoms with Crippen molar-refractivity contribution >= 4 is 11.9 Å². The lowest BCUT2D eigenvalue weighted by atomic mass is 9.95.